The van der Waals surface area contributed by atoms with E-state index in [1.807, 2.05) is 0 Å². The van der Waals surface area contributed by atoms with Crippen molar-refractivity contribution in [3.05, 3.63) is 12.1 Å². The highest BCUT2D eigenvalue weighted by molar-refractivity contribution is 6.76. The van der Waals surface area contributed by atoms with Gasteiger partial charge in [-0.2, -0.15) is 0 Å². The first kappa shape index (κ1) is 24.8. The molecule has 162 valence electrons. The summed E-state index contributed by atoms with van der Waals surface area (Å²) in [4.78, 5) is 0. The molecule has 0 aliphatic heterocycles. The van der Waals surface area contributed by atoms with E-state index in [4.69, 9.17) is 28.4 Å². The van der Waals surface area contributed by atoms with E-state index in [1.165, 1.54) is 0 Å². The van der Waals surface area contributed by atoms with Gasteiger partial charge in [0.2, 0.25) is 5.75 Å². The van der Waals surface area contributed by atoms with Crippen LogP contribution in [-0.4, -0.2) is 57.2 Å². The molecule has 1 aromatic rings. The maximum atomic E-state index is 5.82. The molecule has 0 saturated heterocycles. The second-order valence-corrected chi connectivity index (χ2v) is 20.4. The molecule has 0 atom stereocenters. The van der Waals surface area contributed by atoms with Crippen LogP contribution in [0.3, 0.4) is 0 Å². The molecule has 0 saturated carbocycles. The average molecular weight is 431 g/mol. The third kappa shape index (κ3) is 10.4. The Kier molecular flexibility index (Phi) is 10.4. The van der Waals surface area contributed by atoms with E-state index in [9.17, 15) is 0 Å². The second-order valence-electron chi connectivity index (χ2n) is 9.12. The zero-order valence-corrected chi connectivity index (χ0v) is 20.8. The predicted octanol–water partition coefficient (Wildman–Crippen LogP) is 5.09. The maximum absolute atomic E-state index is 5.82. The van der Waals surface area contributed by atoms with Crippen LogP contribution in [0.2, 0.25) is 51.4 Å². The van der Waals surface area contributed by atoms with Crippen molar-refractivity contribution in [1.29, 1.82) is 0 Å². The van der Waals surface area contributed by atoms with Gasteiger partial charge in [0.25, 0.3) is 0 Å². The molecule has 0 bridgehead atoms. The van der Waals surface area contributed by atoms with Crippen molar-refractivity contribution in [2.75, 3.05) is 41.0 Å². The molecular weight excluding hydrogens is 392 g/mol. The number of rotatable bonds is 14. The fourth-order valence-corrected chi connectivity index (χ4v) is 3.67. The summed E-state index contributed by atoms with van der Waals surface area (Å²) in [5.41, 5.74) is 0. The van der Waals surface area contributed by atoms with Crippen molar-refractivity contribution >= 4 is 16.1 Å². The molecule has 0 N–H and O–H groups in total. The minimum absolute atomic E-state index is 0.139. The van der Waals surface area contributed by atoms with Gasteiger partial charge in [-0.25, -0.2) is 0 Å². The highest BCUT2D eigenvalue weighted by Crippen LogP contribution is 2.41. The van der Waals surface area contributed by atoms with Crippen LogP contribution in [0.5, 0.6) is 23.0 Å². The Morgan fingerprint density at radius 1 is 0.679 bits per heavy atom. The Labute approximate surface area is 172 Å². The number of methoxy groups -OCH3 is 2. The third-order valence-corrected chi connectivity index (χ3v) is 7.44. The molecule has 0 fully saturated rings. The molecule has 0 radical (unpaired) electrons. The lowest BCUT2D eigenvalue weighted by Gasteiger charge is -2.19. The van der Waals surface area contributed by atoms with Gasteiger partial charge in [-0.05, 0) is 12.1 Å². The van der Waals surface area contributed by atoms with E-state index in [0.717, 1.165) is 12.1 Å². The molecule has 0 spiro atoms. The van der Waals surface area contributed by atoms with Crippen LogP contribution in [0.4, 0.5) is 0 Å². The monoisotopic (exact) mass is 430 g/mol. The van der Waals surface area contributed by atoms with Crippen molar-refractivity contribution in [2.45, 2.75) is 51.4 Å². The molecule has 0 aliphatic carbocycles. The van der Waals surface area contributed by atoms with Gasteiger partial charge in [0.1, 0.15) is 5.75 Å². The van der Waals surface area contributed by atoms with E-state index in [2.05, 4.69) is 39.3 Å². The van der Waals surface area contributed by atoms with Crippen molar-refractivity contribution in [2.24, 2.45) is 0 Å². The summed E-state index contributed by atoms with van der Waals surface area (Å²) < 4.78 is 33.7. The summed E-state index contributed by atoms with van der Waals surface area (Å²) in [7, 11) is 0.934. The molecule has 0 heterocycles. The molecule has 28 heavy (non-hydrogen) atoms. The SMILES string of the molecule is COc1cc(OC)c(OCOCC[Si](C)(C)C)c(OCOCC[Si](C)(C)C)c1. The van der Waals surface area contributed by atoms with Gasteiger partial charge in [0.15, 0.2) is 25.1 Å². The summed E-state index contributed by atoms with van der Waals surface area (Å²) in [6, 6.07) is 5.70. The van der Waals surface area contributed by atoms with Crippen molar-refractivity contribution in [3.63, 3.8) is 0 Å². The van der Waals surface area contributed by atoms with Crippen molar-refractivity contribution < 1.29 is 28.4 Å². The third-order valence-electron chi connectivity index (χ3n) is 4.03. The van der Waals surface area contributed by atoms with E-state index in [0.29, 0.717) is 36.2 Å². The fraction of sp³-hybridized carbons (Fsp3) is 0.700. The van der Waals surface area contributed by atoms with Crippen LogP contribution >= 0.6 is 0 Å². The van der Waals surface area contributed by atoms with Crippen LogP contribution in [0.15, 0.2) is 12.1 Å². The molecule has 8 heteroatoms. The minimum atomic E-state index is -1.13. The quantitative estimate of drug-likeness (QED) is 0.233. The standard InChI is InChI=1S/C20H38O6Si2/c1-21-17-13-18(22-2)20(26-16-24-10-12-28(6,7)8)19(14-17)25-15-23-9-11-27(3,4)5/h13-14H,9-12,15-16H2,1-8H3. The summed E-state index contributed by atoms with van der Waals surface area (Å²) in [5, 5.41) is 0. The van der Waals surface area contributed by atoms with Gasteiger partial charge in [-0.3, -0.25) is 0 Å². The topological polar surface area (TPSA) is 55.4 Å². The first-order chi connectivity index (χ1) is 13.1. The van der Waals surface area contributed by atoms with E-state index in [-0.39, 0.29) is 13.6 Å². The Bertz CT molecular complexity index is 581. The van der Waals surface area contributed by atoms with Crippen molar-refractivity contribution in [1.82, 2.24) is 0 Å². The van der Waals surface area contributed by atoms with Crippen molar-refractivity contribution in [3.8, 4) is 23.0 Å². The van der Waals surface area contributed by atoms with Gasteiger partial charge >= 0.3 is 0 Å². The molecule has 0 unspecified atom stereocenters. The summed E-state index contributed by atoms with van der Waals surface area (Å²) in [5.74, 6) is 2.16. The Hall–Kier alpha value is -1.23. The van der Waals surface area contributed by atoms with Crippen LogP contribution in [0.1, 0.15) is 0 Å². The molecule has 1 rings (SSSR count). The molecule has 0 amide bonds. The minimum Gasteiger partial charge on any atom is -0.496 e. The smallest absolute Gasteiger partial charge is 0.206 e. The first-order valence-electron chi connectivity index (χ1n) is 9.73. The van der Waals surface area contributed by atoms with Gasteiger partial charge in [-0.1, -0.05) is 39.3 Å². The number of benzene rings is 1. The van der Waals surface area contributed by atoms with Gasteiger partial charge < -0.3 is 28.4 Å². The largest absolute Gasteiger partial charge is 0.496 e. The number of hydrogen-bond donors (Lipinski definition) is 0. The maximum Gasteiger partial charge on any atom is 0.206 e. The lowest BCUT2D eigenvalue weighted by Crippen LogP contribution is -2.22. The van der Waals surface area contributed by atoms with E-state index >= 15 is 0 Å². The highest BCUT2D eigenvalue weighted by atomic mass is 28.3. The highest BCUT2D eigenvalue weighted by Gasteiger charge is 2.17. The second kappa shape index (κ2) is 11.7. The van der Waals surface area contributed by atoms with E-state index in [1.54, 1.807) is 26.4 Å². The molecule has 6 nitrogen and oxygen atoms in total. The molecular formula is C20H38O6Si2. The van der Waals surface area contributed by atoms with Crippen LogP contribution < -0.4 is 18.9 Å². The summed E-state index contributed by atoms with van der Waals surface area (Å²) >= 11 is 0. The fourth-order valence-electron chi connectivity index (χ4n) is 2.15. The molecule has 1 aromatic carbocycles. The number of ether oxygens (including phenoxy) is 6. The lowest BCUT2D eigenvalue weighted by molar-refractivity contribution is 0.00446. The van der Waals surface area contributed by atoms with Gasteiger partial charge in [0.05, 0.1) is 14.2 Å². The van der Waals surface area contributed by atoms with Gasteiger partial charge in [-0.15, -0.1) is 0 Å². The van der Waals surface area contributed by atoms with E-state index < -0.39 is 16.1 Å². The average Bonchev–Trinajstić information content (AvgIpc) is 2.59. The van der Waals surface area contributed by atoms with Crippen LogP contribution in [-0.2, 0) is 9.47 Å². The Morgan fingerprint density at radius 3 is 1.64 bits per heavy atom. The predicted molar refractivity (Wildman–Crippen MR) is 119 cm³/mol. The first-order valence-corrected chi connectivity index (χ1v) is 17.1. The summed E-state index contributed by atoms with van der Waals surface area (Å²) in [6.45, 7) is 15.6. The lowest BCUT2D eigenvalue weighted by atomic mass is 10.2. The summed E-state index contributed by atoms with van der Waals surface area (Å²) in [6.07, 6.45) is 0. The van der Waals surface area contributed by atoms with Gasteiger partial charge in [0, 0.05) is 41.5 Å². The number of hydrogen-bond acceptors (Lipinski definition) is 6. The Balaban J connectivity index is 2.68. The van der Waals surface area contributed by atoms with Crippen LogP contribution in [0, 0.1) is 0 Å². The Morgan fingerprint density at radius 2 is 1.18 bits per heavy atom. The van der Waals surface area contributed by atoms with Crippen LogP contribution in [0.25, 0.3) is 0 Å². The molecule has 0 aromatic heterocycles. The zero-order chi connectivity index (χ0) is 21.2. The molecule has 0 aliphatic rings. The zero-order valence-electron chi connectivity index (χ0n) is 18.8. The normalized spacial score (nSPS) is 12.0.